The van der Waals surface area contributed by atoms with Crippen molar-refractivity contribution in [1.29, 1.82) is 0 Å². The predicted octanol–water partition coefficient (Wildman–Crippen LogP) is 3.82. The highest BCUT2D eigenvalue weighted by atomic mass is 16.4. The van der Waals surface area contributed by atoms with Crippen molar-refractivity contribution in [3.05, 3.63) is 35.9 Å². The van der Waals surface area contributed by atoms with Crippen LogP contribution in [-0.4, -0.2) is 22.2 Å². The molecule has 0 amide bonds. The zero-order chi connectivity index (χ0) is 14.5. The molecule has 0 saturated heterocycles. The van der Waals surface area contributed by atoms with Crippen LogP contribution in [0.3, 0.4) is 0 Å². The van der Waals surface area contributed by atoms with Crippen molar-refractivity contribution in [1.82, 2.24) is 0 Å². The molecule has 0 unspecified atom stereocenters. The Bertz CT molecular complexity index is 360. The first-order valence-electron chi connectivity index (χ1n) is 6.58. The van der Waals surface area contributed by atoms with E-state index in [0.29, 0.717) is 12.0 Å². The second-order valence-corrected chi connectivity index (χ2v) is 4.23. The zero-order valence-corrected chi connectivity index (χ0v) is 11.3. The largest absolute Gasteiger partial charge is 0.481 e. The van der Waals surface area contributed by atoms with Gasteiger partial charge in [0.15, 0.2) is 0 Å². The van der Waals surface area contributed by atoms with Gasteiger partial charge in [0.2, 0.25) is 0 Å². The number of carboxylic acid groups (broad SMARTS) is 2. The summed E-state index contributed by atoms with van der Waals surface area (Å²) >= 11 is 0. The summed E-state index contributed by atoms with van der Waals surface area (Å²) < 4.78 is 0. The van der Waals surface area contributed by atoms with Crippen LogP contribution in [0.5, 0.6) is 0 Å². The van der Waals surface area contributed by atoms with Gasteiger partial charge in [-0.15, -0.1) is 0 Å². The molecule has 0 aliphatic rings. The number of aromatic carboxylic acids is 1. The minimum absolute atomic E-state index is 0.331. The number of carbonyl (C=O) groups is 2. The number of benzene rings is 1. The fourth-order valence-corrected chi connectivity index (χ4v) is 1.46. The van der Waals surface area contributed by atoms with Gasteiger partial charge in [-0.2, -0.15) is 0 Å². The Morgan fingerprint density at radius 2 is 1.53 bits per heavy atom. The van der Waals surface area contributed by atoms with Crippen LogP contribution < -0.4 is 0 Å². The van der Waals surface area contributed by atoms with E-state index in [1.165, 1.54) is 19.3 Å². The predicted molar refractivity (Wildman–Crippen MR) is 74.4 cm³/mol. The number of unbranched alkanes of at least 4 members (excludes halogenated alkanes) is 4. The molecular formula is C15H22O4. The Kier molecular flexibility index (Phi) is 10.2. The maximum atomic E-state index is 10.2. The fourth-order valence-electron chi connectivity index (χ4n) is 1.46. The van der Waals surface area contributed by atoms with Gasteiger partial charge in [-0.05, 0) is 18.6 Å². The lowest BCUT2D eigenvalue weighted by atomic mass is 10.1. The molecule has 0 heterocycles. The molecule has 0 fully saturated rings. The summed E-state index contributed by atoms with van der Waals surface area (Å²) in [5.74, 6) is -1.55. The summed E-state index contributed by atoms with van der Waals surface area (Å²) in [6.45, 7) is 2.15. The fraction of sp³-hybridized carbons (Fsp3) is 0.467. The third-order valence-corrected chi connectivity index (χ3v) is 2.51. The molecule has 19 heavy (non-hydrogen) atoms. The highest BCUT2D eigenvalue weighted by molar-refractivity contribution is 5.87. The lowest BCUT2D eigenvalue weighted by molar-refractivity contribution is -0.137. The Morgan fingerprint density at radius 3 is 1.95 bits per heavy atom. The molecule has 0 bridgehead atoms. The highest BCUT2D eigenvalue weighted by Gasteiger charge is 1.96. The van der Waals surface area contributed by atoms with Gasteiger partial charge in [0, 0.05) is 6.42 Å². The van der Waals surface area contributed by atoms with Crippen LogP contribution in [0.2, 0.25) is 0 Å². The van der Waals surface area contributed by atoms with Gasteiger partial charge >= 0.3 is 11.9 Å². The van der Waals surface area contributed by atoms with Crippen molar-refractivity contribution in [2.75, 3.05) is 0 Å². The molecule has 0 spiro atoms. The average molecular weight is 266 g/mol. The van der Waals surface area contributed by atoms with E-state index in [1.807, 2.05) is 0 Å². The molecule has 1 rings (SSSR count). The van der Waals surface area contributed by atoms with Crippen molar-refractivity contribution >= 4 is 11.9 Å². The monoisotopic (exact) mass is 266 g/mol. The lowest BCUT2D eigenvalue weighted by Crippen LogP contribution is -1.93. The van der Waals surface area contributed by atoms with Gasteiger partial charge in [-0.25, -0.2) is 4.79 Å². The number of hydrogen-bond acceptors (Lipinski definition) is 2. The maximum Gasteiger partial charge on any atom is 0.335 e. The first kappa shape index (κ1) is 17.2. The first-order chi connectivity index (χ1) is 9.07. The van der Waals surface area contributed by atoms with Gasteiger partial charge < -0.3 is 10.2 Å². The second-order valence-electron chi connectivity index (χ2n) is 4.23. The maximum absolute atomic E-state index is 10.2. The van der Waals surface area contributed by atoms with E-state index in [1.54, 1.807) is 30.3 Å². The minimum Gasteiger partial charge on any atom is -0.481 e. The Balaban J connectivity index is 0.000000342. The van der Waals surface area contributed by atoms with Crippen molar-refractivity contribution in [2.24, 2.45) is 0 Å². The van der Waals surface area contributed by atoms with Crippen molar-refractivity contribution in [3.8, 4) is 0 Å². The van der Waals surface area contributed by atoms with Crippen molar-refractivity contribution < 1.29 is 19.8 Å². The van der Waals surface area contributed by atoms with Crippen LogP contribution >= 0.6 is 0 Å². The van der Waals surface area contributed by atoms with Crippen LogP contribution in [0.1, 0.15) is 55.8 Å². The van der Waals surface area contributed by atoms with E-state index in [2.05, 4.69) is 6.92 Å². The highest BCUT2D eigenvalue weighted by Crippen LogP contribution is 2.04. The van der Waals surface area contributed by atoms with Crippen LogP contribution in [0.15, 0.2) is 30.3 Å². The minimum atomic E-state index is -0.879. The molecule has 0 aliphatic heterocycles. The lowest BCUT2D eigenvalue weighted by Gasteiger charge is -1.95. The quantitative estimate of drug-likeness (QED) is 0.736. The van der Waals surface area contributed by atoms with Gasteiger partial charge in [0.05, 0.1) is 5.56 Å². The molecule has 4 nitrogen and oxygen atoms in total. The van der Waals surface area contributed by atoms with E-state index < -0.39 is 11.9 Å². The molecule has 2 N–H and O–H groups in total. The number of rotatable bonds is 7. The van der Waals surface area contributed by atoms with Crippen LogP contribution in [-0.2, 0) is 4.79 Å². The Labute approximate surface area is 114 Å². The van der Waals surface area contributed by atoms with Gasteiger partial charge in [-0.1, -0.05) is 50.8 Å². The Hall–Kier alpha value is -1.84. The normalized spacial score (nSPS) is 9.32. The molecule has 1 aromatic rings. The number of hydrogen-bond donors (Lipinski definition) is 2. The van der Waals surface area contributed by atoms with E-state index in [0.717, 1.165) is 12.8 Å². The summed E-state index contributed by atoms with van der Waals surface area (Å²) in [6, 6.07) is 8.30. The third kappa shape index (κ3) is 11.0. The molecule has 106 valence electrons. The zero-order valence-electron chi connectivity index (χ0n) is 11.3. The van der Waals surface area contributed by atoms with E-state index >= 15 is 0 Å². The summed E-state index contributed by atoms with van der Waals surface area (Å²) in [5, 5.41) is 16.7. The molecule has 0 saturated carbocycles. The third-order valence-electron chi connectivity index (χ3n) is 2.51. The van der Waals surface area contributed by atoms with Gasteiger partial charge in [-0.3, -0.25) is 4.79 Å². The average Bonchev–Trinajstić information content (AvgIpc) is 2.40. The molecule has 0 aromatic heterocycles. The first-order valence-corrected chi connectivity index (χ1v) is 6.58. The van der Waals surface area contributed by atoms with Crippen LogP contribution in [0, 0.1) is 0 Å². The van der Waals surface area contributed by atoms with E-state index in [9.17, 15) is 9.59 Å². The topological polar surface area (TPSA) is 74.6 Å². The smallest absolute Gasteiger partial charge is 0.335 e. The molecule has 1 aromatic carbocycles. The van der Waals surface area contributed by atoms with Crippen LogP contribution in [0.4, 0.5) is 0 Å². The number of aliphatic carboxylic acids is 1. The van der Waals surface area contributed by atoms with Crippen molar-refractivity contribution in [3.63, 3.8) is 0 Å². The van der Waals surface area contributed by atoms with Crippen LogP contribution in [0.25, 0.3) is 0 Å². The second kappa shape index (κ2) is 11.3. The summed E-state index contributed by atoms with van der Waals surface area (Å²) in [4.78, 5) is 20.2. The van der Waals surface area contributed by atoms with E-state index in [-0.39, 0.29) is 0 Å². The number of carboxylic acids is 2. The molecule has 0 atom stereocenters. The Morgan fingerprint density at radius 1 is 0.947 bits per heavy atom. The molecule has 4 heteroatoms. The molecule has 0 radical (unpaired) electrons. The summed E-state index contributed by atoms with van der Waals surface area (Å²) in [7, 11) is 0. The van der Waals surface area contributed by atoms with Gasteiger partial charge in [0.25, 0.3) is 0 Å². The summed E-state index contributed by atoms with van der Waals surface area (Å²) in [5.41, 5.74) is 0.331. The molecular weight excluding hydrogens is 244 g/mol. The summed E-state index contributed by atoms with van der Waals surface area (Å²) in [6.07, 6.45) is 5.88. The molecule has 0 aliphatic carbocycles. The van der Waals surface area contributed by atoms with Gasteiger partial charge in [0.1, 0.15) is 0 Å². The standard InChI is InChI=1S/C8H16O2.C7H6O2/c1-2-3-4-5-6-7-8(9)10;8-7(9)6-4-2-1-3-5-6/h2-7H2,1H3,(H,9,10);1-5H,(H,8,9). The van der Waals surface area contributed by atoms with E-state index in [4.69, 9.17) is 10.2 Å². The van der Waals surface area contributed by atoms with Crippen molar-refractivity contribution in [2.45, 2.75) is 45.4 Å². The SMILES string of the molecule is CCCCCCCC(=O)O.O=C(O)c1ccccc1.